The second-order valence-corrected chi connectivity index (χ2v) is 8.75. The van der Waals surface area contributed by atoms with Crippen molar-refractivity contribution >= 4 is 37.0 Å². The molecule has 0 aliphatic heterocycles. The van der Waals surface area contributed by atoms with Crippen LogP contribution < -0.4 is 56.3 Å². The number of nitrogens with two attached hydrogens (primary N) is 5. The molecule has 0 aromatic rings. The molecule has 2 amide bonds. The van der Waals surface area contributed by atoms with Gasteiger partial charge in [-0.15, -0.1) is 0 Å². The molecular formula is C26H54N10O6. The van der Waals surface area contributed by atoms with E-state index >= 15 is 0 Å². The summed E-state index contributed by atoms with van der Waals surface area (Å²) in [7, 11) is 0. The molecule has 4 atom stereocenters. The van der Waals surface area contributed by atoms with Gasteiger partial charge in [-0.1, -0.05) is 13.0 Å². The van der Waals surface area contributed by atoms with Crippen LogP contribution in [0.25, 0.3) is 0 Å². The van der Waals surface area contributed by atoms with E-state index in [0.717, 1.165) is 51.0 Å². The molecule has 0 aromatic heterocycles. The van der Waals surface area contributed by atoms with Gasteiger partial charge < -0.3 is 64.2 Å². The predicted molar refractivity (Wildman–Crippen MR) is 163 cm³/mol. The van der Waals surface area contributed by atoms with Crippen molar-refractivity contribution in [3.8, 4) is 0 Å². The van der Waals surface area contributed by atoms with E-state index in [1.54, 1.807) is 12.4 Å². The lowest BCUT2D eigenvalue weighted by molar-refractivity contribution is -0.119. The van der Waals surface area contributed by atoms with Gasteiger partial charge in [-0.25, -0.2) is 0 Å². The molecule has 0 saturated carbocycles. The van der Waals surface area contributed by atoms with E-state index in [1.807, 2.05) is 0 Å². The van der Waals surface area contributed by atoms with Crippen LogP contribution in [0.4, 0.5) is 0 Å². The number of carbonyl (C=O) groups excluding carboxylic acids is 6. The molecule has 244 valence electrons. The van der Waals surface area contributed by atoms with Crippen molar-refractivity contribution in [3.05, 3.63) is 25.2 Å². The van der Waals surface area contributed by atoms with E-state index in [1.165, 1.54) is 6.20 Å². The molecule has 42 heavy (non-hydrogen) atoms. The zero-order chi connectivity index (χ0) is 31.7. The number of unbranched alkanes of at least 4 members (excludes halogenated alkanes) is 2. The van der Waals surface area contributed by atoms with Gasteiger partial charge >= 0.3 is 0 Å². The van der Waals surface area contributed by atoms with Gasteiger partial charge in [0.05, 0.1) is 24.2 Å². The lowest BCUT2D eigenvalue weighted by Gasteiger charge is -2.11. The van der Waals surface area contributed by atoms with E-state index in [-0.39, 0.29) is 37.1 Å². The van der Waals surface area contributed by atoms with E-state index in [2.05, 4.69) is 28.0 Å². The zero-order valence-corrected chi connectivity index (χ0v) is 24.6. The molecule has 0 saturated heterocycles. The van der Waals surface area contributed by atoms with E-state index in [9.17, 15) is 28.8 Å². The van der Waals surface area contributed by atoms with Crippen LogP contribution in [0.5, 0.6) is 0 Å². The largest absolute Gasteiger partial charge is 0.382 e. The second-order valence-electron chi connectivity index (χ2n) is 8.75. The highest BCUT2D eigenvalue weighted by atomic mass is 16.1. The van der Waals surface area contributed by atoms with E-state index in [4.69, 9.17) is 28.8 Å². The van der Waals surface area contributed by atoms with Crippen molar-refractivity contribution in [2.24, 2.45) is 28.8 Å². The van der Waals surface area contributed by atoms with Crippen LogP contribution in [0.1, 0.15) is 64.2 Å². The average molecular weight is 603 g/mol. The Bertz CT molecular complexity index is 742. The minimum Gasteiger partial charge on any atom is -0.382 e. The Hall–Kier alpha value is -3.70. The number of aldehydes is 4. The summed E-state index contributed by atoms with van der Waals surface area (Å²) in [5, 5.41) is 8.41. The minimum absolute atomic E-state index is 0. The lowest BCUT2D eigenvalue weighted by Crippen LogP contribution is -2.36. The van der Waals surface area contributed by atoms with Gasteiger partial charge in [0.25, 0.3) is 0 Å². The Morgan fingerprint density at radius 3 is 1.29 bits per heavy atom. The number of primary amides is 2. The average Bonchev–Trinajstić information content (AvgIpc) is 2.96. The number of rotatable bonds is 25. The van der Waals surface area contributed by atoms with Crippen molar-refractivity contribution in [2.75, 3.05) is 13.1 Å². The topological polar surface area (TPSA) is 316 Å². The van der Waals surface area contributed by atoms with E-state index in [0.29, 0.717) is 38.6 Å². The fourth-order valence-corrected chi connectivity index (χ4v) is 2.87. The van der Waals surface area contributed by atoms with Gasteiger partial charge in [0.2, 0.25) is 11.8 Å². The Labute approximate surface area is 248 Å². The van der Waals surface area contributed by atoms with Crippen molar-refractivity contribution < 1.29 is 28.8 Å². The van der Waals surface area contributed by atoms with Gasteiger partial charge in [0.1, 0.15) is 25.1 Å². The van der Waals surface area contributed by atoms with Crippen LogP contribution in [0, 0.1) is 0 Å². The summed E-state index contributed by atoms with van der Waals surface area (Å²) in [6.45, 7) is 4.68. The summed E-state index contributed by atoms with van der Waals surface area (Å²) in [4.78, 5) is 62.8. The fraction of sp³-hybridized carbons (Fsp3) is 0.615. The van der Waals surface area contributed by atoms with Crippen LogP contribution in [0.3, 0.4) is 0 Å². The molecular weight excluding hydrogens is 548 g/mol. The van der Waals surface area contributed by atoms with Crippen LogP contribution in [-0.2, 0) is 28.8 Å². The zero-order valence-electron chi connectivity index (χ0n) is 24.6. The highest BCUT2D eigenvalue weighted by Gasteiger charge is 2.07. The standard InChI is InChI=1S/C13H24N4O3.C7H12N2O2.C6H15N3O.H3N/c14-6-2-1-3-11(9-18)16-7-8-17-12(10-19)4-5-13(15)20;1-2-9-6(5-10)3-4-7(8)11;7-4-2-1-3-6(5-10)9-8;/h7-12,16-17H,1-6,14H2,(H2,15,20);2,5-6,9H,1,3-4H2,(H2,8,11);5-6,9H,1-4,7-8H2;1H3/t11-,12-;2*6-;/m000./s1. The number of hydrogen-bond acceptors (Lipinski definition) is 14. The summed E-state index contributed by atoms with van der Waals surface area (Å²) < 4.78 is 0. The number of hydrogen-bond donors (Lipinski definition) is 10. The SMILES string of the molecule is C=CN[C@H](C=O)CCC(N)=O.N.NCCCC[C@@H](C=O)NC=CN[C@H](C=O)CCC(N)=O.NCCCC[C@@H](C=O)NN. The number of hydrazine groups is 1. The first kappa shape index (κ1) is 45.3. The van der Waals surface area contributed by atoms with Crippen LogP contribution in [-0.4, -0.2) is 74.2 Å². The first-order valence-corrected chi connectivity index (χ1v) is 13.5. The predicted octanol–water partition coefficient (Wildman–Crippen LogP) is -1.97. The molecule has 16 nitrogen and oxygen atoms in total. The van der Waals surface area contributed by atoms with Crippen LogP contribution in [0.2, 0.25) is 0 Å². The first-order valence-electron chi connectivity index (χ1n) is 13.5. The first-order chi connectivity index (χ1) is 19.7. The Morgan fingerprint density at radius 1 is 0.619 bits per heavy atom. The molecule has 0 aromatic carbocycles. The smallest absolute Gasteiger partial charge is 0.217 e. The molecule has 0 radical (unpaired) electrons. The number of nitrogens with one attached hydrogen (secondary N) is 4. The molecule has 0 heterocycles. The highest BCUT2D eigenvalue weighted by molar-refractivity contribution is 5.74. The number of amides is 2. The molecule has 0 fully saturated rings. The quantitative estimate of drug-likeness (QED) is 0.0234. The lowest BCUT2D eigenvalue weighted by atomic mass is 10.1. The van der Waals surface area contributed by atoms with E-state index < -0.39 is 17.9 Å². The molecule has 0 bridgehead atoms. The Morgan fingerprint density at radius 2 is 0.976 bits per heavy atom. The molecule has 0 spiro atoms. The van der Waals surface area contributed by atoms with Crippen LogP contribution >= 0.6 is 0 Å². The van der Waals surface area contributed by atoms with Crippen molar-refractivity contribution in [1.29, 1.82) is 0 Å². The summed E-state index contributed by atoms with van der Waals surface area (Å²) in [5.74, 6) is 4.21. The highest BCUT2D eigenvalue weighted by Crippen LogP contribution is 1.98. The third-order valence-corrected chi connectivity index (χ3v) is 5.25. The Balaban J connectivity index is -0.000000279. The number of carbonyl (C=O) groups is 6. The third kappa shape index (κ3) is 34.3. The van der Waals surface area contributed by atoms with Gasteiger partial charge in [-0.2, -0.15) is 0 Å². The molecule has 16 heteroatoms. The minimum atomic E-state index is -0.465. The second kappa shape index (κ2) is 35.3. The summed E-state index contributed by atoms with van der Waals surface area (Å²) in [6, 6.07) is -1.28. The normalized spacial score (nSPS) is 12.6. The summed E-state index contributed by atoms with van der Waals surface area (Å²) >= 11 is 0. The van der Waals surface area contributed by atoms with Gasteiger partial charge in [0.15, 0.2) is 0 Å². The summed E-state index contributed by atoms with van der Waals surface area (Å²) in [6.07, 6.45) is 13.9. The van der Waals surface area contributed by atoms with Gasteiger partial charge in [-0.3, -0.25) is 20.9 Å². The van der Waals surface area contributed by atoms with Crippen molar-refractivity contribution in [3.63, 3.8) is 0 Å². The molecule has 17 N–H and O–H groups in total. The summed E-state index contributed by atoms with van der Waals surface area (Å²) in [5.41, 5.74) is 22.9. The molecule has 0 aliphatic carbocycles. The maximum atomic E-state index is 10.8. The van der Waals surface area contributed by atoms with Crippen molar-refractivity contribution in [1.82, 2.24) is 27.5 Å². The van der Waals surface area contributed by atoms with Gasteiger partial charge in [0, 0.05) is 25.2 Å². The maximum absolute atomic E-state index is 10.8. The Kier molecular flexibility index (Phi) is 38.1. The van der Waals surface area contributed by atoms with Crippen molar-refractivity contribution in [2.45, 2.75) is 88.4 Å². The maximum Gasteiger partial charge on any atom is 0.217 e. The molecule has 0 rings (SSSR count). The molecule has 0 aliphatic rings. The van der Waals surface area contributed by atoms with Crippen LogP contribution in [0.15, 0.2) is 25.2 Å². The fourth-order valence-electron chi connectivity index (χ4n) is 2.87. The monoisotopic (exact) mass is 602 g/mol. The molecule has 0 unspecified atom stereocenters. The van der Waals surface area contributed by atoms with Gasteiger partial charge in [-0.05, 0) is 64.2 Å². The third-order valence-electron chi connectivity index (χ3n) is 5.25.